The second-order valence-electron chi connectivity index (χ2n) is 3.01. The molecule has 5 nitrogen and oxygen atoms in total. The van der Waals surface area contributed by atoms with Crippen molar-refractivity contribution in [3.8, 4) is 0 Å². The van der Waals surface area contributed by atoms with Gasteiger partial charge in [0.05, 0.1) is 5.69 Å². The fourth-order valence-electron chi connectivity index (χ4n) is 1.63. The van der Waals surface area contributed by atoms with Crippen LogP contribution < -0.4 is 5.73 Å². The summed E-state index contributed by atoms with van der Waals surface area (Å²) in [6, 6.07) is 0. The summed E-state index contributed by atoms with van der Waals surface area (Å²) in [6.07, 6.45) is 2.49. The van der Waals surface area contributed by atoms with Gasteiger partial charge in [0.15, 0.2) is 5.69 Å². The van der Waals surface area contributed by atoms with E-state index in [-0.39, 0.29) is 11.6 Å². The maximum Gasteiger partial charge on any atom is 0.354 e. The topological polar surface area (TPSA) is 89.1 Å². The van der Waals surface area contributed by atoms with Crippen molar-refractivity contribution in [1.29, 1.82) is 0 Å². The molecule has 0 amide bonds. The summed E-state index contributed by atoms with van der Waals surface area (Å²) >= 11 is 0. The second-order valence-corrected chi connectivity index (χ2v) is 3.01. The molecule has 2 rings (SSSR count). The Kier molecular flexibility index (Phi) is 1.65. The number of nitrogens with zero attached hydrogens (tertiary/aromatic N) is 2. The number of fused-ring (bicyclic) bond motifs is 1. The van der Waals surface area contributed by atoms with Gasteiger partial charge in [0, 0.05) is 5.56 Å². The van der Waals surface area contributed by atoms with Gasteiger partial charge in [0.1, 0.15) is 0 Å². The third kappa shape index (κ3) is 1.22. The lowest BCUT2D eigenvalue weighted by Gasteiger charge is -2.02. The van der Waals surface area contributed by atoms with Gasteiger partial charge in [-0.25, -0.2) is 14.8 Å². The Morgan fingerprint density at radius 1 is 1.38 bits per heavy atom. The van der Waals surface area contributed by atoms with Crippen molar-refractivity contribution in [3.05, 3.63) is 17.0 Å². The summed E-state index contributed by atoms with van der Waals surface area (Å²) in [5, 5.41) is 8.83. The average Bonchev–Trinajstić information content (AvgIpc) is 2.49. The van der Waals surface area contributed by atoms with Gasteiger partial charge in [-0.1, -0.05) is 0 Å². The number of carbonyl (C=O) groups is 1. The Balaban J connectivity index is 2.62. The minimum Gasteiger partial charge on any atom is -0.476 e. The van der Waals surface area contributed by atoms with Crippen LogP contribution in [0.3, 0.4) is 0 Å². The molecule has 0 radical (unpaired) electrons. The van der Waals surface area contributed by atoms with Crippen LogP contribution in [-0.4, -0.2) is 21.0 Å². The van der Waals surface area contributed by atoms with E-state index in [1.807, 2.05) is 0 Å². The normalized spacial score (nSPS) is 14.2. The minimum atomic E-state index is -1.02. The molecule has 0 saturated carbocycles. The lowest BCUT2D eigenvalue weighted by Crippen LogP contribution is -2.10. The lowest BCUT2D eigenvalue weighted by molar-refractivity contribution is 0.0689. The number of anilines is 1. The molecule has 1 aliphatic carbocycles. The first-order valence-corrected chi connectivity index (χ1v) is 4.07. The van der Waals surface area contributed by atoms with E-state index in [0.29, 0.717) is 0 Å². The summed E-state index contributed by atoms with van der Waals surface area (Å²) in [6.45, 7) is 0. The van der Waals surface area contributed by atoms with Gasteiger partial charge in [-0.05, 0) is 19.3 Å². The summed E-state index contributed by atoms with van der Waals surface area (Å²) in [5.41, 5.74) is 7.00. The highest BCUT2D eigenvalue weighted by atomic mass is 16.4. The number of aromatic carboxylic acids is 1. The summed E-state index contributed by atoms with van der Waals surface area (Å²) < 4.78 is 0. The molecule has 0 saturated heterocycles. The van der Waals surface area contributed by atoms with Crippen molar-refractivity contribution in [1.82, 2.24) is 9.97 Å². The number of carboxylic acid groups (broad SMARTS) is 1. The molecular formula is C8H9N3O2. The van der Waals surface area contributed by atoms with Crippen LogP contribution in [0.1, 0.15) is 28.2 Å². The molecule has 0 unspecified atom stereocenters. The molecule has 0 atom stereocenters. The number of aryl methyl sites for hydroxylation is 1. The maximum atomic E-state index is 10.8. The van der Waals surface area contributed by atoms with Gasteiger partial charge in [0.2, 0.25) is 5.95 Å². The van der Waals surface area contributed by atoms with E-state index < -0.39 is 5.97 Å². The first kappa shape index (κ1) is 7.97. The molecule has 0 fully saturated rings. The minimum absolute atomic E-state index is 0.0538. The first-order valence-electron chi connectivity index (χ1n) is 4.07. The number of nitrogens with two attached hydrogens (primary N) is 1. The van der Waals surface area contributed by atoms with Crippen LogP contribution in [0.15, 0.2) is 0 Å². The molecule has 0 aliphatic heterocycles. The van der Waals surface area contributed by atoms with E-state index in [2.05, 4.69) is 9.97 Å². The molecule has 5 heteroatoms. The van der Waals surface area contributed by atoms with E-state index >= 15 is 0 Å². The molecular weight excluding hydrogens is 170 g/mol. The van der Waals surface area contributed by atoms with Crippen molar-refractivity contribution in [2.75, 3.05) is 5.73 Å². The predicted octanol–water partition coefficient (Wildman–Crippen LogP) is 0.246. The van der Waals surface area contributed by atoms with E-state index in [9.17, 15) is 4.79 Å². The number of carboxylic acids is 1. The molecule has 0 bridgehead atoms. The van der Waals surface area contributed by atoms with E-state index in [1.165, 1.54) is 0 Å². The van der Waals surface area contributed by atoms with Crippen LogP contribution in [0, 0.1) is 0 Å². The van der Waals surface area contributed by atoms with E-state index in [4.69, 9.17) is 10.8 Å². The Morgan fingerprint density at radius 3 is 2.85 bits per heavy atom. The molecule has 13 heavy (non-hydrogen) atoms. The third-order valence-corrected chi connectivity index (χ3v) is 2.15. The quantitative estimate of drug-likeness (QED) is 0.644. The predicted molar refractivity (Wildman–Crippen MR) is 45.4 cm³/mol. The van der Waals surface area contributed by atoms with Crippen LogP contribution in [0.2, 0.25) is 0 Å². The second kappa shape index (κ2) is 2.69. The Labute approximate surface area is 74.6 Å². The lowest BCUT2D eigenvalue weighted by atomic mass is 10.2. The van der Waals surface area contributed by atoms with Crippen molar-refractivity contribution in [2.45, 2.75) is 19.3 Å². The standard InChI is InChI=1S/C8H9N3O2/c9-8-10-5-3-1-2-4(5)6(11-8)7(12)13/h1-3H2,(H,12,13)(H2,9,10,11). The smallest absolute Gasteiger partial charge is 0.354 e. The summed E-state index contributed by atoms with van der Waals surface area (Å²) in [7, 11) is 0. The first-order chi connectivity index (χ1) is 6.18. The summed E-state index contributed by atoms with van der Waals surface area (Å²) in [4.78, 5) is 18.5. The van der Waals surface area contributed by atoms with Crippen LogP contribution >= 0.6 is 0 Å². The molecule has 1 aliphatic rings. The van der Waals surface area contributed by atoms with Gasteiger partial charge in [0.25, 0.3) is 0 Å². The van der Waals surface area contributed by atoms with Gasteiger partial charge < -0.3 is 10.8 Å². The molecule has 0 spiro atoms. The Hall–Kier alpha value is -1.65. The molecule has 1 heterocycles. The average molecular weight is 179 g/mol. The monoisotopic (exact) mass is 179 g/mol. The molecule has 1 aromatic heterocycles. The van der Waals surface area contributed by atoms with Crippen molar-refractivity contribution >= 4 is 11.9 Å². The molecule has 68 valence electrons. The fraction of sp³-hybridized carbons (Fsp3) is 0.375. The Morgan fingerprint density at radius 2 is 2.15 bits per heavy atom. The highest BCUT2D eigenvalue weighted by molar-refractivity contribution is 5.87. The SMILES string of the molecule is Nc1nc2c(c(C(=O)O)n1)CCC2. The van der Waals surface area contributed by atoms with Gasteiger partial charge in [-0.3, -0.25) is 0 Å². The number of hydrogen-bond donors (Lipinski definition) is 2. The maximum absolute atomic E-state index is 10.8. The van der Waals surface area contributed by atoms with Crippen LogP contribution in [0.4, 0.5) is 5.95 Å². The zero-order valence-corrected chi connectivity index (χ0v) is 6.95. The number of rotatable bonds is 1. The highest BCUT2D eigenvalue weighted by Crippen LogP contribution is 2.23. The summed E-state index contributed by atoms with van der Waals surface area (Å²) in [5.74, 6) is -0.967. The molecule has 0 aromatic carbocycles. The van der Waals surface area contributed by atoms with Gasteiger partial charge >= 0.3 is 5.97 Å². The van der Waals surface area contributed by atoms with Crippen molar-refractivity contribution in [3.63, 3.8) is 0 Å². The Bertz CT molecular complexity index is 376. The largest absolute Gasteiger partial charge is 0.476 e. The molecule has 3 N–H and O–H groups in total. The van der Waals surface area contributed by atoms with Crippen LogP contribution in [-0.2, 0) is 12.8 Å². The highest BCUT2D eigenvalue weighted by Gasteiger charge is 2.22. The number of nitrogen functional groups attached to an aromatic ring is 1. The van der Waals surface area contributed by atoms with Gasteiger partial charge in [-0.15, -0.1) is 0 Å². The number of hydrogen-bond acceptors (Lipinski definition) is 4. The fourth-order valence-corrected chi connectivity index (χ4v) is 1.63. The zero-order valence-electron chi connectivity index (χ0n) is 6.95. The van der Waals surface area contributed by atoms with Crippen LogP contribution in [0.5, 0.6) is 0 Å². The van der Waals surface area contributed by atoms with Crippen molar-refractivity contribution < 1.29 is 9.90 Å². The zero-order chi connectivity index (χ0) is 9.42. The van der Waals surface area contributed by atoms with Crippen molar-refractivity contribution in [2.24, 2.45) is 0 Å². The number of aromatic nitrogens is 2. The molecule has 1 aromatic rings. The van der Waals surface area contributed by atoms with E-state index in [0.717, 1.165) is 30.5 Å². The van der Waals surface area contributed by atoms with Crippen LogP contribution in [0.25, 0.3) is 0 Å². The van der Waals surface area contributed by atoms with Gasteiger partial charge in [-0.2, -0.15) is 0 Å². The third-order valence-electron chi connectivity index (χ3n) is 2.15. The van der Waals surface area contributed by atoms with E-state index in [1.54, 1.807) is 0 Å².